The molecule has 0 aliphatic carbocycles. The molecule has 28 heavy (non-hydrogen) atoms. The van der Waals surface area contributed by atoms with Crippen molar-refractivity contribution >= 4 is 23.9 Å². The normalized spacial score (nSPS) is 11.9. The number of carbonyl (C=O) groups is 2. The summed E-state index contributed by atoms with van der Waals surface area (Å²) >= 11 is 0. The van der Waals surface area contributed by atoms with Gasteiger partial charge in [-0.15, -0.1) is 0 Å². The van der Waals surface area contributed by atoms with E-state index in [4.69, 9.17) is 0 Å². The lowest BCUT2D eigenvalue weighted by atomic mass is 10.1. The summed E-state index contributed by atoms with van der Waals surface area (Å²) in [5.41, 5.74) is 6.52. The highest BCUT2D eigenvalue weighted by Gasteiger charge is 2.18. The van der Waals surface area contributed by atoms with Crippen molar-refractivity contribution in [1.29, 1.82) is 0 Å². The van der Waals surface area contributed by atoms with Crippen LogP contribution in [0, 0.1) is 0 Å². The van der Waals surface area contributed by atoms with Crippen LogP contribution in [-0.4, -0.2) is 26.7 Å². The number of rotatable bonds is 4. The van der Waals surface area contributed by atoms with E-state index in [-0.39, 0.29) is 0 Å². The standard InChI is InChI=1S/C15H13NO.C9H11NO/c17-11-12-5-7-15(8-6-12)16-9-13-3-1-2-4-14(13)10-16;1-10(2)9-5-3-8(7-11)4-6-9/h1-8,11H,9-10H2;3-7H,1-2H3. The summed E-state index contributed by atoms with van der Waals surface area (Å²) in [5.74, 6) is 0. The Balaban J connectivity index is 0.000000178. The summed E-state index contributed by atoms with van der Waals surface area (Å²) < 4.78 is 0. The van der Waals surface area contributed by atoms with Gasteiger partial charge in [-0.2, -0.15) is 0 Å². The van der Waals surface area contributed by atoms with Crippen molar-refractivity contribution in [3.63, 3.8) is 0 Å². The molecule has 4 heteroatoms. The van der Waals surface area contributed by atoms with E-state index in [2.05, 4.69) is 29.2 Å². The van der Waals surface area contributed by atoms with Gasteiger partial charge >= 0.3 is 0 Å². The van der Waals surface area contributed by atoms with Crippen LogP contribution in [0.5, 0.6) is 0 Å². The zero-order valence-corrected chi connectivity index (χ0v) is 16.2. The monoisotopic (exact) mass is 372 g/mol. The molecule has 4 nitrogen and oxygen atoms in total. The molecule has 0 bridgehead atoms. The Bertz CT molecular complexity index is 907. The molecule has 0 atom stereocenters. The van der Waals surface area contributed by atoms with E-state index in [1.807, 2.05) is 67.5 Å². The van der Waals surface area contributed by atoms with Gasteiger partial charge in [-0.25, -0.2) is 0 Å². The first-order valence-corrected chi connectivity index (χ1v) is 9.20. The highest BCUT2D eigenvalue weighted by atomic mass is 16.1. The molecule has 142 valence electrons. The second kappa shape index (κ2) is 9.00. The SMILES string of the molecule is CN(C)c1ccc(C=O)cc1.O=Cc1ccc(N2Cc3ccccc3C2)cc1. The van der Waals surface area contributed by atoms with E-state index in [9.17, 15) is 9.59 Å². The Morgan fingerprint density at radius 2 is 1.18 bits per heavy atom. The maximum Gasteiger partial charge on any atom is 0.150 e. The number of hydrogen-bond acceptors (Lipinski definition) is 4. The van der Waals surface area contributed by atoms with Gasteiger partial charge in [0.15, 0.2) is 0 Å². The first kappa shape index (κ1) is 19.4. The van der Waals surface area contributed by atoms with Crippen LogP contribution < -0.4 is 9.80 Å². The van der Waals surface area contributed by atoms with Crippen molar-refractivity contribution in [2.75, 3.05) is 23.9 Å². The molecule has 0 unspecified atom stereocenters. The van der Waals surface area contributed by atoms with Crippen LogP contribution in [0.4, 0.5) is 11.4 Å². The lowest BCUT2D eigenvalue weighted by Crippen LogP contribution is -2.14. The number of carbonyl (C=O) groups excluding carboxylic acids is 2. The topological polar surface area (TPSA) is 40.6 Å². The molecule has 0 radical (unpaired) electrons. The number of nitrogens with zero attached hydrogens (tertiary/aromatic N) is 2. The largest absolute Gasteiger partial charge is 0.378 e. The van der Waals surface area contributed by atoms with E-state index < -0.39 is 0 Å². The fourth-order valence-electron chi connectivity index (χ4n) is 3.13. The minimum atomic E-state index is 0.718. The summed E-state index contributed by atoms with van der Waals surface area (Å²) in [7, 11) is 3.94. The molecule has 3 aromatic carbocycles. The summed E-state index contributed by atoms with van der Waals surface area (Å²) in [6.45, 7) is 1.91. The molecule has 0 N–H and O–H groups in total. The van der Waals surface area contributed by atoms with Crippen LogP contribution in [0.1, 0.15) is 31.8 Å². The zero-order valence-electron chi connectivity index (χ0n) is 16.2. The van der Waals surface area contributed by atoms with Crippen LogP contribution in [0.2, 0.25) is 0 Å². The number of anilines is 2. The van der Waals surface area contributed by atoms with Gasteiger partial charge < -0.3 is 9.80 Å². The van der Waals surface area contributed by atoms with Crippen LogP contribution in [0.25, 0.3) is 0 Å². The number of aldehydes is 2. The van der Waals surface area contributed by atoms with Gasteiger partial charge in [0.05, 0.1) is 0 Å². The maximum atomic E-state index is 10.6. The van der Waals surface area contributed by atoms with Gasteiger partial charge in [0.25, 0.3) is 0 Å². The van der Waals surface area contributed by atoms with E-state index in [1.54, 1.807) is 0 Å². The summed E-state index contributed by atoms with van der Waals surface area (Å²) in [6, 6.07) is 23.7. The molecule has 0 fully saturated rings. The van der Waals surface area contributed by atoms with Gasteiger partial charge in [-0.1, -0.05) is 24.3 Å². The van der Waals surface area contributed by atoms with Gasteiger partial charge in [0.2, 0.25) is 0 Å². The first-order chi connectivity index (χ1) is 13.6. The van der Waals surface area contributed by atoms with Gasteiger partial charge in [0.1, 0.15) is 12.6 Å². The molecule has 3 aromatic rings. The van der Waals surface area contributed by atoms with Crippen molar-refractivity contribution < 1.29 is 9.59 Å². The summed E-state index contributed by atoms with van der Waals surface area (Å²) in [6.07, 6.45) is 1.72. The smallest absolute Gasteiger partial charge is 0.150 e. The van der Waals surface area contributed by atoms with Crippen molar-refractivity contribution in [2.24, 2.45) is 0 Å². The van der Waals surface area contributed by atoms with Crippen molar-refractivity contribution in [3.05, 3.63) is 95.1 Å². The lowest BCUT2D eigenvalue weighted by Gasteiger charge is -2.17. The Morgan fingerprint density at radius 3 is 1.61 bits per heavy atom. The fraction of sp³-hybridized carbons (Fsp3) is 0.167. The molecule has 0 spiro atoms. The zero-order chi connectivity index (χ0) is 19.9. The van der Waals surface area contributed by atoms with Crippen molar-refractivity contribution in [3.8, 4) is 0 Å². The second-order valence-electron chi connectivity index (χ2n) is 6.94. The average Bonchev–Trinajstić information content (AvgIpc) is 3.18. The van der Waals surface area contributed by atoms with E-state index in [0.29, 0.717) is 0 Å². The summed E-state index contributed by atoms with van der Waals surface area (Å²) in [4.78, 5) is 25.2. The molecular weight excluding hydrogens is 348 g/mol. The molecule has 1 heterocycles. The molecule has 0 saturated heterocycles. The molecule has 1 aliphatic heterocycles. The van der Waals surface area contributed by atoms with Crippen LogP contribution >= 0.6 is 0 Å². The highest BCUT2D eigenvalue weighted by molar-refractivity contribution is 5.76. The maximum absolute atomic E-state index is 10.6. The van der Waals surface area contributed by atoms with E-state index in [0.717, 1.165) is 42.5 Å². The lowest BCUT2D eigenvalue weighted by molar-refractivity contribution is 0.111. The number of benzene rings is 3. The molecule has 4 rings (SSSR count). The van der Waals surface area contributed by atoms with Crippen LogP contribution in [0.3, 0.4) is 0 Å². The van der Waals surface area contributed by atoms with Crippen LogP contribution in [-0.2, 0) is 13.1 Å². The minimum Gasteiger partial charge on any atom is -0.378 e. The quantitative estimate of drug-likeness (QED) is 0.629. The Labute approximate surface area is 166 Å². The average molecular weight is 372 g/mol. The van der Waals surface area contributed by atoms with Crippen LogP contribution in [0.15, 0.2) is 72.8 Å². The number of hydrogen-bond donors (Lipinski definition) is 0. The number of fused-ring (bicyclic) bond motifs is 1. The van der Waals surface area contributed by atoms with Crippen molar-refractivity contribution in [2.45, 2.75) is 13.1 Å². The molecule has 1 aliphatic rings. The van der Waals surface area contributed by atoms with E-state index in [1.165, 1.54) is 16.8 Å². The third-order valence-electron chi connectivity index (χ3n) is 4.78. The third-order valence-corrected chi connectivity index (χ3v) is 4.78. The van der Waals surface area contributed by atoms with Crippen molar-refractivity contribution in [1.82, 2.24) is 0 Å². The Kier molecular flexibility index (Phi) is 6.22. The second-order valence-corrected chi connectivity index (χ2v) is 6.94. The Morgan fingerprint density at radius 1 is 0.714 bits per heavy atom. The predicted molar refractivity (Wildman–Crippen MR) is 114 cm³/mol. The highest BCUT2D eigenvalue weighted by Crippen LogP contribution is 2.27. The molecule has 0 saturated carbocycles. The van der Waals surface area contributed by atoms with Gasteiger partial charge in [-0.3, -0.25) is 9.59 Å². The molecule has 0 amide bonds. The fourth-order valence-corrected chi connectivity index (χ4v) is 3.13. The molecule has 0 aromatic heterocycles. The van der Waals surface area contributed by atoms with E-state index >= 15 is 0 Å². The van der Waals surface area contributed by atoms with Gasteiger partial charge in [0, 0.05) is 49.7 Å². The minimum absolute atomic E-state index is 0.718. The first-order valence-electron chi connectivity index (χ1n) is 9.20. The Hall–Kier alpha value is -3.40. The summed E-state index contributed by atoms with van der Waals surface area (Å²) in [5, 5.41) is 0. The molecular formula is C24H24N2O2. The predicted octanol–water partition coefficient (Wildman–Crippen LogP) is 4.58. The van der Waals surface area contributed by atoms with Gasteiger partial charge in [-0.05, 0) is 59.7 Å². The third kappa shape index (κ3) is 4.65.